The van der Waals surface area contributed by atoms with Gasteiger partial charge in [0.25, 0.3) is 0 Å². The van der Waals surface area contributed by atoms with Crippen molar-refractivity contribution in [1.29, 1.82) is 0 Å². The van der Waals surface area contributed by atoms with E-state index in [9.17, 15) is 4.79 Å². The van der Waals surface area contributed by atoms with Crippen molar-refractivity contribution in [1.82, 2.24) is 0 Å². The summed E-state index contributed by atoms with van der Waals surface area (Å²) in [7, 11) is -2.91. The maximum Gasteiger partial charge on any atom is 0.537 e. The minimum atomic E-state index is -2.91. The van der Waals surface area contributed by atoms with Crippen LogP contribution in [0.4, 0.5) is 0 Å². The molecule has 0 heterocycles. The second kappa shape index (κ2) is 9.32. The van der Waals surface area contributed by atoms with E-state index in [1.165, 1.54) is 0 Å². The van der Waals surface area contributed by atoms with Crippen molar-refractivity contribution in [2.24, 2.45) is 5.41 Å². The largest absolute Gasteiger partial charge is 0.537 e. The van der Waals surface area contributed by atoms with E-state index in [0.717, 1.165) is 5.19 Å². The van der Waals surface area contributed by atoms with Gasteiger partial charge in [-0.15, -0.1) is 0 Å². The van der Waals surface area contributed by atoms with Crippen LogP contribution in [0.1, 0.15) is 48.0 Å². The lowest BCUT2D eigenvalue weighted by molar-refractivity contribution is -0.136. The van der Waals surface area contributed by atoms with Crippen molar-refractivity contribution in [3.05, 3.63) is 24.3 Å². The van der Waals surface area contributed by atoms with E-state index >= 15 is 0 Å². The number of ether oxygens (including phenoxy) is 1. The second-order valence-corrected chi connectivity index (χ2v) is 9.15. The Kier molecular flexibility index (Phi) is 8.09. The number of hydrogen-bond donors (Lipinski definition) is 0. The van der Waals surface area contributed by atoms with Gasteiger partial charge in [0.05, 0.1) is 6.42 Å². The molecular formula is C18H30O5Si. The van der Waals surface area contributed by atoms with E-state index in [1.54, 1.807) is 12.1 Å². The molecule has 0 fully saturated rings. The topological polar surface area (TPSA) is 54.0 Å². The van der Waals surface area contributed by atoms with E-state index in [4.69, 9.17) is 18.0 Å². The maximum atomic E-state index is 11.9. The molecule has 0 N–H and O–H groups in total. The highest BCUT2D eigenvalue weighted by molar-refractivity contribution is 6.75. The molecule has 1 aromatic rings. The van der Waals surface area contributed by atoms with Gasteiger partial charge in [0.15, 0.2) is 0 Å². The molecule has 24 heavy (non-hydrogen) atoms. The van der Waals surface area contributed by atoms with Gasteiger partial charge in [-0.25, -0.2) is 0 Å². The minimum Gasteiger partial charge on any atom is -0.427 e. The summed E-state index contributed by atoms with van der Waals surface area (Å²) < 4.78 is 23.0. The van der Waals surface area contributed by atoms with Gasteiger partial charge in [0.1, 0.15) is 5.75 Å². The fourth-order valence-corrected chi connectivity index (χ4v) is 4.74. The quantitative estimate of drug-likeness (QED) is 0.387. The average Bonchev–Trinajstić information content (AvgIpc) is 2.46. The predicted octanol–water partition coefficient (Wildman–Crippen LogP) is 3.28. The first-order valence-electron chi connectivity index (χ1n) is 8.49. The third-order valence-corrected chi connectivity index (χ3v) is 6.16. The Morgan fingerprint density at radius 2 is 1.38 bits per heavy atom. The van der Waals surface area contributed by atoms with Gasteiger partial charge < -0.3 is 18.0 Å². The molecule has 0 amide bonds. The number of benzene rings is 1. The summed E-state index contributed by atoms with van der Waals surface area (Å²) in [5.74, 6) is 0.276. The number of carbonyl (C=O) groups is 1. The summed E-state index contributed by atoms with van der Waals surface area (Å²) >= 11 is 0. The number of hydrogen-bond acceptors (Lipinski definition) is 5. The monoisotopic (exact) mass is 354 g/mol. The zero-order chi connectivity index (χ0) is 18.2. The van der Waals surface area contributed by atoms with Gasteiger partial charge in [0, 0.05) is 25.0 Å². The molecule has 0 saturated heterocycles. The van der Waals surface area contributed by atoms with Gasteiger partial charge in [0.2, 0.25) is 0 Å². The molecule has 0 atom stereocenters. The molecule has 6 heteroatoms. The number of esters is 1. The zero-order valence-corrected chi connectivity index (χ0v) is 16.7. The highest BCUT2D eigenvalue weighted by atomic mass is 28.4. The highest BCUT2D eigenvalue weighted by Crippen LogP contribution is 2.21. The summed E-state index contributed by atoms with van der Waals surface area (Å²) in [4.78, 5) is 11.9. The van der Waals surface area contributed by atoms with Crippen LogP contribution in [-0.2, 0) is 18.1 Å². The van der Waals surface area contributed by atoms with Gasteiger partial charge in [-0.3, -0.25) is 4.79 Å². The Balaban J connectivity index is 2.91. The molecular weight excluding hydrogens is 324 g/mol. The van der Waals surface area contributed by atoms with Crippen molar-refractivity contribution in [2.75, 3.05) is 19.8 Å². The molecule has 5 nitrogen and oxygen atoms in total. The van der Waals surface area contributed by atoms with E-state index < -0.39 is 8.80 Å². The van der Waals surface area contributed by atoms with E-state index in [-0.39, 0.29) is 11.4 Å². The SMILES string of the molecule is CCO[Si](OCC)(OCC)c1ccc(OC(=O)CC(C)(C)C)cc1. The number of carbonyl (C=O) groups excluding carboxylic acids is 1. The smallest absolute Gasteiger partial charge is 0.427 e. The molecule has 0 unspecified atom stereocenters. The first-order chi connectivity index (χ1) is 11.3. The fraction of sp³-hybridized carbons (Fsp3) is 0.611. The summed E-state index contributed by atoms with van der Waals surface area (Å²) in [6.45, 7) is 13.3. The average molecular weight is 355 g/mol. The normalized spacial score (nSPS) is 12.2. The van der Waals surface area contributed by atoms with Crippen LogP contribution in [0.3, 0.4) is 0 Å². The van der Waals surface area contributed by atoms with Gasteiger partial charge in [-0.05, 0) is 38.3 Å². The Bertz CT molecular complexity index is 490. The number of rotatable bonds is 9. The summed E-state index contributed by atoms with van der Waals surface area (Å²) in [6, 6.07) is 7.23. The zero-order valence-electron chi connectivity index (χ0n) is 15.7. The van der Waals surface area contributed by atoms with Crippen LogP contribution in [0, 0.1) is 5.41 Å². The first kappa shape index (κ1) is 20.8. The fourth-order valence-electron chi connectivity index (χ4n) is 2.27. The summed E-state index contributed by atoms with van der Waals surface area (Å²) in [5.41, 5.74) is -0.0992. The van der Waals surface area contributed by atoms with Crippen LogP contribution in [-0.4, -0.2) is 34.6 Å². The van der Waals surface area contributed by atoms with Crippen molar-refractivity contribution in [2.45, 2.75) is 48.0 Å². The summed E-state index contributed by atoms with van der Waals surface area (Å²) in [6.07, 6.45) is 0.365. The standard InChI is InChI=1S/C18H30O5Si/c1-7-20-24(21-8-2,22-9-3)16-12-10-15(11-13-16)23-17(19)14-18(4,5)6/h10-13H,7-9,14H2,1-6H3. The lowest BCUT2D eigenvalue weighted by atomic mass is 9.92. The van der Waals surface area contributed by atoms with Gasteiger partial charge in [-0.2, -0.15) is 0 Å². The summed E-state index contributed by atoms with van der Waals surface area (Å²) in [5, 5.41) is 0.865. The molecule has 0 radical (unpaired) electrons. The molecule has 0 aromatic heterocycles. The van der Waals surface area contributed by atoms with Crippen LogP contribution in [0.25, 0.3) is 0 Å². The third-order valence-electron chi connectivity index (χ3n) is 3.12. The molecule has 1 rings (SSSR count). The molecule has 0 aliphatic heterocycles. The van der Waals surface area contributed by atoms with Crippen LogP contribution in [0.2, 0.25) is 0 Å². The molecule has 1 aromatic carbocycles. The van der Waals surface area contributed by atoms with Crippen LogP contribution < -0.4 is 9.92 Å². The lowest BCUT2D eigenvalue weighted by Crippen LogP contribution is -2.56. The van der Waals surface area contributed by atoms with Crippen LogP contribution in [0.5, 0.6) is 5.75 Å². The van der Waals surface area contributed by atoms with Crippen LogP contribution in [0.15, 0.2) is 24.3 Å². The Morgan fingerprint density at radius 1 is 0.917 bits per heavy atom. The molecule has 0 saturated carbocycles. The molecule has 0 spiro atoms. The van der Waals surface area contributed by atoms with E-state index in [1.807, 2.05) is 53.7 Å². The molecule has 0 aliphatic rings. The van der Waals surface area contributed by atoms with Crippen molar-refractivity contribution in [3.63, 3.8) is 0 Å². The van der Waals surface area contributed by atoms with Crippen molar-refractivity contribution in [3.8, 4) is 5.75 Å². The van der Waals surface area contributed by atoms with Crippen LogP contribution >= 0.6 is 0 Å². The van der Waals surface area contributed by atoms with Gasteiger partial charge in [-0.1, -0.05) is 32.9 Å². The Morgan fingerprint density at radius 3 is 1.75 bits per heavy atom. The lowest BCUT2D eigenvalue weighted by Gasteiger charge is -2.28. The first-order valence-corrected chi connectivity index (χ1v) is 10.2. The maximum absolute atomic E-state index is 11.9. The molecule has 0 bridgehead atoms. The Labute approximate surface area is 146 Å². The minimum absolute atomic E-state index is 0.0992. The Hall–Kier alpha value is -1.21. The highest BCUT2D eigenvalue weighted by Gasteiger charge is 2.43. The van der Waals surface area contributed by atoms with Crippen molar-refractivity contribution < 1.29 is 22.8 Å². The predicted molar refractivity (Wildman–Crippen MR) is 96.4 cm³/mol. The molecule has 0 aliphatic carbocycles. The van der Waals surface area contributed by atoms with E-state index in [2.05, 4.69) is 0 Å². The third kappa shape index (κ3) is 6.35. The second-order valence-electron chi connectivity index (χ2n) is 6.59. The van der Waals surface area contributed by atoms with Gasteiger partial charge >= 0.3 is 14.8 Å². The molecule has 136 valence electrons. The van der Waals surface area contributed by atoms with Crippen molar-refractivity contribution >= 4 is 20.0 Å². The van der Waals surface area contributed by atoms with E-state index in [0.29, 0.717) is 32.0 Å².